The van der Waals surface area contributed by atoms with E-state index in [4.69, 9.17) is 5.11 Å². The van der Waals surface area contributed by atoms with E-state index in [1.54, 1.807) is 4.90 Å². The third-order valence-corrected chi connectivity index (χ3v) is 3.54. The average Bonchev–Trinajstić information content (AvgIpc) is 2.71. The Labute approximate surface area is 117 Å². The van der Waals surface area contributed by atoms with Crippen LogP contribution in [-0.4, -0.2) is 51.2 Å². The Kier molecular flexibility index (Phi) is 4.68. The maximum atomic E-state index is 12.5. The molecule has 0 aromatic carbocycles. The number of carboxylic acid groups (broad SMARTS) is 1. The minimum atomic E-state index is -1.16. The van der Waals surface area contributed by atoms with Crippen LogP contribution in [0.25, 0.3) is 0 Å². The molecule has 0 bridgehead atoms. The number of nitrogens with zero attached hydrogens (tertiary/aromatic N) is 2. The fourth-order valence-electron chi connectivity index (χ4n) is 2.45. The number of carbonyl (C=O) groups excluding carboxylic acids is 1. The van der Waals surface area contributed by atoms with Crippen LogP contribution in [0.15, 0.2) is 18.2 Å². The van der Waals surface area contributed by atoms with E-state index in [2.05, 4.69) is 4.98 Å². The van der Waals surface area contributed by atoms with E-state index in [1.807, 2.05) is 0 Å². The topological polar surface area (TPSA) is 90.7 Å². The first-order chi connectivity index (χ1) is 9.63. The van der Waals surface area contributed by atoms with Crippen molar-refractivity contribution < 1.29 is 19.8 Å². The van der Waals surface area contributed by atoms with Crippen molar-refractivity contribution in [2.45, 2.75) is 31.7 Å². The third-order valence-electron chi connectivity index (χ3n) is 3.54. The van der Waals surface area contributed by atoms with Crippen molar-refractivity contribution in [3.63, 3.8) is 0 Å². The highest BCUT2D eigenvalue weighted by Crippen LogP contribution is 2.18. The van der Waals surface area contributed by atoms with Crippen LogP contribution in [0.4, 0.5) is 0 Å². The van der Waals surface area contributed by atoms with Crippen molar-refractivity contribution >= 4 is 11.9 Å². The lowest BCUT2D eigenvalue weighted by Crippen LogP contribution is -2.42. The summed E-state index contributed by atoms with van der Waals surface area (Å²) in [5, 5.41) is 18.3. The van der Waals surface area contributed by atoms with Gasteiger partial charge < -0.3 is 15.1 Å². The molecular weight excluding hydrogens is 260 g/mol. The number of aromatic carboxylic acids is 1. The number of carboxylic acids is 1. The number of aromatic nitrogens is 1. The molecule has 2 rings (SSSR count). The summed E-state index contributed by atoms with van der Waals surface area (Å²) in [6.07, 6.45) is 3.67. The number of hydrogen-bond donors (Lipinski definition) is 2. The highest BCUT2D eigenvalue weighted by atomic mass is 16.4. The number of amides is 1. The van der Waals surface area contributed by atoms with Gasteiger partial charge in [0, 0.05) is 6.54 Å². The Morgan fingerprint density at radius 1 is 1.25 bits per heavy atom. The number of aliphatic hydroxyl groups excluding tert-OH is 1. The molecule has 0 radical (unpaired) electrons. The Morgan fingerprint density at radius 2 is 2.00 bits per heavy atom. The molecule has 108 valence electrons. The zero-order valence-electron chi connectivity index (χ0n) is 11.2. The predicted molar refractivity (Wildman–Crippen MR) is 71.6 cm³/mol. The zero-order valence-corrected chi connectivity index (χ0v) is 11.2. The maximum Gasteiger partial charge on any atom is 0.354 e. The van der Waals surface area contributed by atoms with Gasteiger partial charge in [0.25, 0.3) is 5.91 Å². The molecule has 1 aliphatic rings. The summed E-state index contributed by atoms with van der Waals surface area (Å²) >= 11 is 0. The predicted octanol–water partition coefficient (Wildman–Crippen LogP) is 1.16. The number of aliphatic hydroxyl groups is 1. The van der Waals surface area contributed by atoms with Gasteiger partial charge in [-0.25, -0.2) is 9.78 Å². The van der Waals surface area contributed by atoms with Crippen LogP contribution in [0.3, 0.4) is 0 Å². The molecule has 1 atom stereocenters. The highest BCUT2D eigenvalue weighted by molar-refractivity contribution is 5.94. The van der Waals surface area contributed by atoms with Crippen LogP contribution in [0, 0.1) is 0 Å². The fraction of sp³-hybridized carbons (Fsp3) is 0.500. The molecule has 1 fully saturated rings. The van der Waals surface area contributed by atoms with Crippen LogP contribution in [-0.2, 0) is 0 Å². The normalized spacial score (nSPS) is 19.4. The van der Waals surface area contributed by atoms with Crippen LogP contribution >= 0.6 is 0 Å². The minimum Gasteiger partial charge on any atom is -0.477 e. The van der Waals surface area contributed by atoms with E-state index in [9.17, 15) is 14.7 Å². The molecule has 0 aliphatic carbocycles. The van der Waals surface area contributed by atoms with Gasteiger partial charge in [0.1, 0.15) is 11.4 Å². The van der Waals surface area contributed by atoms with Gasteiger partial charge in [0.05, 0.1) is 12.6 Å². The summed E-state index contributed by atoms with van der Waals surface area (Å²) in [5.41, 5.74) is -0.0310. The second-order valence-corrected chi connectivity index (χ2v) is 4.90. The lowest BCUT2D eigenvalue weighted by molar-refractivity contribution is 0.0593. The summed E-state index contributed by atoms with van der Waals surface area (Å²) in [5.74, 6) is -1.47. The van der Waals surface area contributed by atoms with Gasteiger partial charge in [-0.15, -0.1) is 0 Å². The van der Waals surface area contributed by atoms with Gasteiger partial charge in [-0.3, -0.25) is 4.79 Å². The smallest absolute Gasteiger partial charge is 0.354 e. The molecule has 2 N–H and O–H groups in total. The van der Waals surface area contributed by atoms with Crippen molar-refractivity contribution in [1.29, 1.82) is 0 Å². The summed E-state index contributed by atoms with van der Waals surface area (Å²) in [7, 11) is 0. The first-order valence-electron chi connectivity index (χ1n) is 6.75. The van der Waals surface area contributed by atoms with Gasteiger partial charge >= 0.3 is 5.97 Å². The minimum absolute atomic E-state index is 0.0790. The monoisotopic (exact) mass is 278 g/mol. The van der Waals surface area contributed by atoms with E-state index in [1.165, 1.54) is 18.2 Å². The molecule has 2 heterocycles. The van der Waals surface area contributed by atoms with Crippen molar-refractivity contribution in [2.75, 3.05) is 13.2 Å². The molecule has 0 spiro atoms. The standard InChI is InChI=1S/C14H18N2O4/c17-9-10-5-2-1-3-8-16(10)13(18)11-6-4-7-12(15-11)14(19)20/h4,6-7,10,17H,1-3,5,8-9H2,(H,19,20). The van der Waals surface area contributed by atoms with Crippen molar-refractivity contribution in [3.05, 3.63) is 29.6 Å². The zero-order chi connectivity index (χ0) is 14.5. The Hall–Kier alpha value is -1.95. The van der Waals surface area contributed by atoms with Gasteiger partial charge in [-0.1, -0.05) is 18.9 Å². The van der Waals surface area contributed by atoms with E-state index >= 15 is 0 Å². The largest absolute Gasteiger partial charge is 0.477 e. The quantitative estimate of drug-likeness (QED) is 0.865. The van der Waals surface area contributed by atoms with Crippen molar-refractivity contribution in [1.82, 2.24) is 9.88 Å². The molecule has 1 aromatic rings. The molecule has 6 nitrogen and oxygen atoms in total. The first kappa shape index (κ1) is 14.5. The maximum absolute atomic E-state index is 12.5. The Balaban J connectivity index is 2.24. The van der Waals surface area contributed by atoms with Crippen molar-refractivity contribution in [3.8, 4) is 0 Å². The van der Waals surface area contributed by atoms with Gasteiger partial charge in [-0.05, 0) is 25.0 Å². The van der Waals surface area contributed by atoms with E-state index in [0.29, 0.717) is 6.54 Å². The fourth-order valence-corrected chi connectivity index (χ4v) is 2.45. The summed E-state index contributed by atoms with van der Waals surface area (Å²) < 4.78 is 0. The Morgan fingerprint density at radius 3 is 2.70 bits per heavy atom. The van der Waals surface area contributed by atoms with Gasteiger partial charge in [0.15, 0.2) is 0 Å². The second kappa shape index (κ2) is 6.47. The summed E-state index contributed by atoms with van der Waals surface area (Å²) in [4.78, 5) is 28.8. The third kappa shape index (κ3) is 3.14. The lowest BCUT2D eigenvalue weighted by Gasteiger charge is -2.28. The first-order valence-corrected chi connectivity index (χ1v) is 6.75. The molecule has 1 aliphatic heterocycles. The number of hydrogen-bond acceptors (Lipinski definition) is 4. The molecule has 20 heavy (non-hydrogen) atoms. The molecule has 1 amide bonds. The molecule has 1 saturated heterocycles. The van der Waals surface area contributed by atoms with E-state index < -0.39 is 5.97 Å². The SMILES string of the molecule is O=C(O)c1cccc(C(=O)N2CCCCCC2CO)n1. The number of rotatable bonds is 3. The molecule has 1 aromatic heterocycles. The average molecular weight is 278 g/mol. The molecule has 6 heteroatoms. The summed E-state index contributed by atoms with van der Waals surface area (Å²) in [6.45, 7) is 0.493. The van der Waals surface area contributed by atoms with Gasteiger partial charge in [0.2, 0.25) is 0 Å². The lowest BCUT2D eigenvalue weighted by atomic mass is 10.1. The molecular formula is C14H18N2O4. The van der Waals surface area contributed by atoms with Crippen molar-refractivity contribution in [2.24, 2.45) is 0 Å². The number of pyridine rings is 1. The van der Waals surface area contributed by atoms with E-state index in [-0.39, 0.29) is 29.9 Å². The highest BCUT2D eigenvalue weighted by Gasteiger charge is 2.26. The summed E-state index contributed by atoms with van der Waals surface area (Å²) in [6, 6.07) is 4.16. The number of carbonyl (C=O) groups is 2. The van der Waals surface area contributed by atoms with Crippen LogP contribution < -0.4 is 0 Å². The Bertz CT molecular complexity index is 504. The van der Waals surface area contributed by atoms with Crippen LogP contribution in [0.5, 0.6) is 0 Å². The molecule has 0 saturated carbocycles. The number of likely N-dealkylation sites (tertiary alicyclic amines) is 1. The molecule has 1 unspecified atom stereocenters. The van der Waals surface area contributed by atoms with Gasteiger partial charge in [-0.2, -0.15) is 0 Å². The van der Waals surface area contributed by atoms with Crippen LogP contribution in [0.2, 0.25) is 0 Å². The van der Waals surface area contributed by atoms with Crippen LogP contribution in [0.1, 0.15) is 46.7 Å². The second-order valence-electron chi connectivity index (χ2n) is 4.90. The van der Waals surface area contributed by atoms with E-state index in [0.717, 1.165) is 25.7 Å².